The van der Waals surface area contributed by atoms with Crippen molar-refractivity contribution in [1.29, 1.82) is 0 Å². The van der Waals surface area contributed by atoms with Crippen LogP contribution in [-0.4, -0.2) is 49.9 Å². The zero-order chi connectivity index (χ0) is 14.6. The van der Waals surface area contributed by atoms with E-state index in [4.69, 9.17) is 4.74 Å². The van der Waals surface area contributed by atoms with Crippen LogP contribution in [0.2, 0.25) is 0 Å². The molecule has 0 radical (unpaired) electrons. The van der Waals surface area contributed by atoms with Gasteiger partial charge in [-0.25, -0.2) is 0 Å². The van der Waals surface area contributed by atoms with Crippen LogP contribution in [-0.2, 0) is 0 Å². The van der Waals surface area contributed by atoms with Gasteiger partial charge in [0.15, 0.2) is 0 Å². The topological polar surface area (TPSA) is 44.7 Å². The number of methoxy groups -OCH3 is 1. The predicted molar refractivity (Wildman–Crippen MR) is 81.0 cm³/mol. The number of aliphatic hydroxyl groups excluding tert-OH is 1. The molecule has 0 saturated carbocycles. The van der Waals surface area contributed by atoms with Gasteiger partial charge in [-0.2, -0.15) is 0 Å². The molecule has 1 aliphatic heterocycles. The summed E-state index contributed by atoms with van der Waals surface area (Å²) < 4.78 is 5.35. The average molecular weight is 278 g/mol. The fourth-order valence-corrected chi connectivity index (χ4v) is 2.99. The first-order chi connectivity index (χ1) is 9.58. The molecular weight excluding hydrogens is 252 g/mol. The summed E-state index contributed by atoms with van der Waals surface area (Å²) >= 11 is 0. The van der Waals surface area contributed by atoms with E-state index in [1.54, 1.807) is 7.11 Å². The van der Waals surface area contributed by atoms with Crippen molar-refractivity contribution >= 4 is 0 Å². The molecule has 4 heteroatoms. The van der Waals surface area contributed by atoms with Gasteiger partial charge in [-0.05, 0) is 17.7 Å². The van der Waals surface area contributed by atoms with Gasteiger partial charge in [0, 0.05) is 44.2 Å². The van der Waals surface area contributed by atoms with E-state index >= 15 is 0 Å². The summed E-state index contributed by atoms with van der Waals surface area (Å²) in [5.41, 5.74) is 1.02. The van der Waals surface area contributed by atoms with Crippen LogP contribution in [0.25, 0.3) is 0 Å². The molecule has 1 aromatic carbocycles. The molecule has 4 nitrogen and oxygen atoms in total. The second-order valence-electron chi connectivity index (χ2n) is 6.11. The minimum Gasteiger partial charge on any atom is -0.497 e. The van der Waals surface area contributed by atoms with E-state index in [2.05, 4.69) is 36.2 Å². The number of piperazine rings is 1. The lowest BCUT2D eigenvalue weighted by atomic mass is 9.79. The molecule has 1 aromatic rings. The minimum atomic E-state index is -0.191. The van der Waals surface area contributed by atoms with Gasteiger partial charge in [-0.15, -0.1) is 0 Å². The lowest BCUT2D eigenvalue weighted by Crippen LogP contribution is -2.49. The Balaban J connectivity index is 2.34. The zero-order valence-corrected chi connectivity index (χ0v) is 12.7. The van der Waals surface area contributed by atoms with E-state index in [1.807, 2.05) is 12.1 Å². The Morgan fingerprint density at radius 2 is 2.05 bits per heavy atom. The number of nitrogens with zero attached hydrogens (tertiary/aromatic N) is 1. The highest BCUT2D eigenvalue weighted by Crippen LogP contribution is 2.39. The molecule has 1 atom stereocenters. The van der Waals surface area contributed by atoms with E-state index < -0.39 is 0 Å². The molecule has 2 rings (SSSR count). The molecule has 0 unspecified atom stereocenters. The van der Waals surface area contributed by atoms with Gasteiger partial charge in [0.1, 0.15) is 5.75 Å². The molecule has 0 aromatic heterocycles. The van der Waals surface area contributed by atoms with Crippen LogP contribution < -0.4 is 10.1 Å². The quantitative estimate of drug-likeness (QED) is 0.860. The van der Waals surface area contributed by atoms with Crippen molar-refractivity contribution in [2.45, 2.75) is 19.9 Å². The predicted octanol–water partition coefficient (Wildman–Crippen LogP) is 1.66. The maximum atomic E-state index is 9.81. The molecule has 0 amide bonds. The third-order valence-electron chi connectivity index (χ3n) is 4.07. The molecule has 1 heterocycles. The number of aliphatic hydroxyl groups is 1. The van der Waals surface area contributed by atoms with Crippen molar-refractivity contribution in [3.63, 3.8) is 0 Å². The number of hydrogen-bond acceptors (Lipinski definition) is 4. The third-order valence-corrected chi connectivity index (χ3v) is 4.07. The van der Waals surface area contributed by atoms with Gasteiger partial charge in [0.2, 0.25) is 0 Å². The second-order valence-corrected chi connectivity index (χ2v) is 6.11. The first-order valence-corrected chi connectivity index (χ1v) is 7.28. The van der Waals surface area contributed by atoms with Crippen LogP contribution in [0.5, 0.6) is 5.75 Å². The van der Waals surface area contributed by atoms with E-state index in [0.29, 0.717) is 0 Å². The molecule has 0 spiro atoms. The molecule has 112 valence electrons. The summed E-state index contributed by atoms with van der Waals surface area (Å²) in [5.74, 6) is 0.872. The van der Waals surface area contributed by atoms with Gasteiger partial charge in [-0.3, -0.25) is 4.90 Å². The highest BCUT2D eigenvalue weighted by molar-refractivity contribution is 5.31. The minimum absolute atomic E-state index is 0.165. The second kappa shape index (κ2) is 6.57. The van der Waals surface area contributed by atoms with Crippen LogP contribution in [0.15, 0.2) is 24.3 Å². The molecule has 20 heavy (non-hydrogen) atoms. The molecular formula is C16H26N2O2. The Kier molecular flexibility index (Phi) is 5.02. The highest BCUT2D eigenvalue weighted by Gasteiger charge is 2.35. The van der Waals surface area contributed by atoms with E-state index in [1.165, 1.54) is 5.56 Å². The molecule has 2 N–H and O–H groups in total. The Morgan fingerprint density at radius 1 is 1.35 bits per heavy atom. The Hall–Kier alpha value is -1.10. The zero-order valence-electron chi connectivity index (χ0n) is 12.7. The van der Waals surface area contributed by atoms with E-state index in [-0.39, 0.29) is 18.1 Å². The number of benzene rings is 1. The third kappa shape index (κ3) is 3.32. The number of ether oxygens (including phenoxy) is 1. The summed E-state index contributed by atoms with van der Waals surface area (Å²) in [7, 11) is 1.69. The van der Waals surface area contributed by atoms with Crippen LogP contribution in [0.1, 0.15) is 25.5 Å². The summed E-state index contributed by atoms with van der Waals surface area (Å²) in [5, 5.41) is 13.2. The largest absolute Gasteiger partial charge is 0.497 e. The average Bonchev–Trinajstić information content (AvgIpc) is 2.48. The molecule has 0 aliphatic carbocycles. The highest BCUT2D eigenvalue weighted by atomic mass is 16.5. The Labute approximate surface area is 121 Å². The van der Waals surface area contributed by atoms with Crippen molar-refractivity contribution in [2.24, 2.45) is 5.41 Å². The molecule has 1 aliphatic rings. The summed E-state index contributed by atoms with van der Waals surface area (Å²) in [6, 6.07) is 8.40. The monoisotopic (exact) mass is 278 g/mol. The maximum Gasteiger partial charge on any atom is 0.119 e. The standard InChI is InChI=1S/C16H26N2O2/c1-16(2,12-19)15(18-9-7-17-8-10-18)13-5-4-6-14(11-13)20-3/h4-6,11,15,17,19H,7-10,12H2,1-3H3/t15-/m1/s1. The van der Waals surface area contributed by atoms with Crippen LogP contribution in [0.3, 0.4) is 0 Å². The Bertz CT molecular complexity index is 428. The fraction of sp³-hybridized carbons (Fsp3) is 0.625. The Morgan fingerprint density at radius 3 is 2.65 bits per heavy atom. The van der Waals surface area contributed by atoms with Crippen molar-refractivity contribution in [2.75, 3.05) is 39.9 Å². The number of rotatable bonds is 5. The van der Waals surface area contributed by atoms with Gasteiger partial charge < -0.3 is 15.2 Å². The van der Waals surface area contributed by atoms with Crippen molar-refractivity contribution in [3.8, 4) is 5.75 Å². The summed E-state index contributed by atoms with van der Waals surface area (Å²) in [6.45, 7) is 8.43. The molecule has 1 fully saturated rings. The van der Waals surface area contributed by atoms with E-state index in [9.17, 15) is 5.11 Å². The summed E-state index contributed by atoms with van der Waals surface area (Å²) in [6.07, 6.45) is 0. The smallest absolute Gasteiger partial charge is 0.119 e. The SMILES string of the molecule is COc1cccc([C@@H](N2CCNCC2)C(C)(C)CO)c1. The van der Waals surface area contributed by atoms with Crippen LogP contribution in [0, 0.1) is 5.41 Å². The molecule has 0 bridgehead atoms. The summed E-state index contributed by atoms with van der Waals surface area (Å²) in [4.78, 5) is 2.46. The van der Waals surface area contributed by atoms with E-state index in [0.717, 1.165) is 31.9 Å². The van der Waals surface area contributed by atoms with Crippen LogP contribution >= 0.6 is 0 Å². The lowest BCUT2D eigenvalue weighted by molar-refractivity contribution is 0.0304. The van der Waals surface area contributed by atoms with Crippen molar-refractivity contribution in [1.82, 2.24) is 10.2 Å². The van der Waals surface area contributed by atoms with Gasteiger partial charge >= 0.3 is 0 Å². The van der Waals surface area contributed by atoms with Gasteiger partial charge in [-0.1, -0.05) is 26.0 Å². The fourth-order valence-electron chi connectivity index (χ4n) is 2.99. The first kappa shape index (κ1) is 15.3. The number of hydrogen-bond donors (Lipinski definition) is 2. The number of nitrogens with one attached hydrogen (secondary N) is 1. The van der Waals surface area contributed by atoms with Crippen molar-refractivity contribution < 1.29 is 9.84 Å². The molecule has 1 saturated heterocycles. The maximum absolute atomic E-state index is 9.81. The first-order valence-electron chi connectivity index (χ1n) is 7.28. The normalized spacial score (nSPS) is 18.8. The van der Waals surface area contributed by atoms with Crippen molar-refractivity contribution in [3.05, 3.63) is 29.8 Å². The van der Waals surface area contributed by atoms with Gasteiger partial charge in [0.25, 0.3) is 0 Å². The lowest BCUT2D eigenvalue weighted by Gasteiger charge is -2.43. The van der Waals surface area contributed by atoms with Crippen LogP contribution in [0.4, 0.5) is 0 Å². The van der Waals surface area contributed by atoms with Gasteiger partial charge in [0.05, 0.1) is 7.11 Å².